The van der Waals surface area contributed by atoms with Gasteiger partial charge in [-0.2, -0.15) is 6.07 Å². The molecule has 0 spiro atoms. The number of nitrogens with zero attached hydrogens (tertiary/aromatic N) is 4. The second-order valence-electron chi connectivity index (χ2n) is 21.6. The molecule has 1 aliphatic heterocycles. The molecule has 3 heterocycles. The molecule has 0 aliphatic carbocycles. The van der Waals surface area contributed by atoms with Gasteiger partial charge in [0.05, 0.1) is 0 Å². The van der Waals surface area contributed by atoms with E-state index in [4.69, 9.17) is 9.72 Å². The Hall–Kier alpha value is -8.12. The molecule has 9 aromatic carbocycles. The van der Waals surface area contributed by atoms with E-state index in [-0.39, 0.29) is 50.0 Å². The van der Waals surface area contributed by atoms with Crippen molar-refractivity contribution in [2.75, 3.05) is 9.80 Å². The first kappa shape index (κ1) is 52.0. The molecule has 0 saturated carbocycles. The quantitative estimate of drug-likeness (QED) is 0.121. The Balaban J connectivity index is 0.00000645. The third kappa shape index (κ3) is 9.70. The average molecular weight is 1200 g/mol. The summed E-state index contributed by atoms with van der Waals surface area (Å²) < 4.78 is 38.4. The van der Waals surface area contributed by atoms with E-state index in [1.165, 1.54) is 52.1 Å². The van der Waals surface area contributed by atoms with Crippen LogP contribution in [0.25, 0.3) is 72.1 Å². The summed E-state index contributed by atoms with van der Waals surface area (Å²) in [7, 11) is 0. The maximum Gasteiger partial charge on any atom is 0.135 e. The van der Waals surface area contributed by atoms with Gasteiger partial charge in [-0.15, -0.1) is 53.6 Å². The number of anilines is 4. The first-order valence-corrected chi connectivity index (χ1v) is 26.4. The summed E-state index contributed by atoms with van der Waals surface area (Å²) in [6.07, 6.45) is 1.89. The van der Waals surface area contributed by atoms with E-state index in [2.05, 4.69) is 203 Å². The van der Waals surface area contributed by atoms with Crippen LogP contribution in [0.4, 0.5) is 31.5 Å². The number of ether oxygens (including phenoxy) is 1. The first-order valence-electron chi connectivity index (χ1n) is 26.4. The Morgan fingerprint density at radius 1 is 0.526 bits per heavy atom. The largest absolute Gasteiger partial charge is 0.509 e. The van der Waals surface area contributed by atoms with Crippen molar-refractivity contribution in [3.63, 3.8) is 0 Å². The molecular formula is C70H57F2N4OPt-3. The fourth-order valence-corrected chi connectivity index (χ4v) is 10.9. The Kier molecular flexibility index (Phi) is 14.0. The summed E-state index contributed by atoms with van der Waals surface area (Å²) in [5.74, 6) is 1.57. The van der Waals surface area contributed by atoms with Crippen LogP contribution in [-0.2, 0) is 26.5 Å². The molecule has 78 heavy (non-hydrogen) atoms. The van der Waals surface area contributed by atoms with Crippen molar-refractivity contribution in [2.24, 2.45) is 0 Å². The molecule has 8 heteroatoms. The zero-order valence-electron chi connectivity index (χ0n) is 44.6. The molecule has 390 valence electrons. The SMILES string of the molecule is CC(C)c1cc(-c2ccccc2)cc(C(C)C)c1-c1cc(Oc2[c-]c3c(cc2)c2ccccc2n3-c2cc(C(C)(C)C)ccn2)[c-]c(N2[CH-]N(c3c(-c4ccc(F)cc4)cccc3-c3ccc(F)cc3)c3ccccc32)c1.[Pt]. The maximum atomic E-state index is 14.6. The van der Waals surface area contributed by atoms with Gasteiger partial charge in [-0.1, -0.05) is 169 Å². The van der Waals surface area contributed by atoms with Crippen LogP contribution in [0.15, 0.2) is 200 Å². The normalized spacial score (nSPS) is 12.4. The monoisotopic (exact) mass is 1200 g/mol. The van der Waals surface area contributed by atoms with Gasteiger partial charge in [0.15, 0.2) is 0 Å². The standard InChI is InChI=1S/C70H57F2N4O.Pt/c1-44(2)61-38-49(46-16-9-8-10-17-46)39-62(45(3)4)68(61)50-36-54(41-56(37-50)77-55-32-33-60-59-18-11-12-21-63(59)76(66(60)42-55)67-40-51(34-35-73-67)70(5,6)7)74-43-75(65-23-14-13-22-64(65)74)69-57(47-24-28-52(71)29-25-47)19-15-20-58(69)48-26-30-53(72)31-27-48;/h8-40,43-45H,1-7H3;/q-3;. The van der Waals surface area contributed by atoms with Gasteiger partial charge >= 0.3 is 0 Å². The number of fused-ring (bicyclic) bond motifs is 4. The third-order valence-corrected chi connectivity index (χ3v) is 14.8. The van der Waals surface area contributed by atoms with Crippen molar-refractivity contribution < 1.29 is 34.6 Å². The summed E-state index contributed by atoms with van der Waals surface area (Å²) >= 11 is 0. The van der Waals surface area contributed by atoms with Crippen molar-refractivity contribution in [3.05, 3.63) is 247 Å². The number of benzene rings is 9. The number of aromatic nitrogens is 2. The predicted molar refractivity (Wildman–Crippen MR) is 313 cm³/mol. The molecule has 2 aromatic heterocycles. The van der Waals surface area contributed by atoms with Crippen LogP contribution in [0.5, 0.6) is 11.5 Å². The zero-order valence-corrected chi connectivity index (χ0v) is 46.8. The Morgan fingerprint density at radius 2 is 1.13 bits per heavy atom. The van der Waals surface area contributed by atoms with Gasteiger partial charge in [-0.05, 0) is 122 Å². The van der Waals surface area contributed by atoms with E-state index in [1.54, 1.807) is 24.3 Å². The molecule has 0 saturated heterocycles. The molecule has 0 bridgehead atoms. The van der Waals surface area contributed by atoms with Crippen LogP contribution in [0.2, 0.25) is 0 Å². The Morgan fingerprint density at radius 3 is 1.76 bits per heavy atom. The van der Waals surface area contributed by atoms with Crippen molar-refractivity contribution in [2.45, 2.75) is 65.7 Å². The topological polar surface area (TPSA) is 33.5 Å². The van der Waals surface area contributed by atoms with Crippen LogP contribution in [0.1, 0.15) is 77.0 Å². The van der Waals surface area contributed by atoms with Crippen LogP contribution < -0.4 is 14.5 Å². The molecule has 12 rings (SSSR count). The summed E-state index contributed by atoms with van der Waals surface area (Å²) in [6.45, 7) is 17.8. The number of rotatable bonds is 11. The van der Waals surface area contributed by atoms with E-state index in [0.717, 1.165) is 83.8 Å². The van der Waals surface area contributed by atoms with Crippen LogP contribution in [0, 0.1) is 30.4 Å². The summed E-state index contributed by atoms with van der Waals surface area (Å²) in [5, 5.41) is 2.14. The molecule has 1 aliphatic rings. The molecular weight excluding hydrogens is 1150 g/mol. The molecule has 0 fully saturated rings. The van der Waals surface area contributed by atoms with Gasteiger partial charge in [-0.3, -0.25) is 0 Å². The van der Waals surface area contributed by atoms with Crippen LogP contribution in [-0.4, -0.2) is 9.55 Å². The molecule has 0 unspecified atom stereocenters. The molecule has 0 N–H and O–H groups in total. The van der Waals surface area contributed by atoms with Crippen molar-refractivity contribution in [1.82, 2.24) is 9.55 Å². The molecule has 0 amide bonds. The minimum Gasteiger partial charge on any atom is -0.509 e. The van der Waals surface area contributed by atoms with Crippen LogP contribution >= 0.6 is 0 Å². The van der Waals surface area contributed by atoms with E-state index in [9.17, 15) is 8.78 Å². The fourth-order valence-electron chi connectivity index (χ4n) is 10.9. The van der Waals surface area contributed by atoms with Gasteiger partial charge in [0, 0.05) is 72.5 Å². The van der Waals surface area contributed by atoms with Crippen molar-refractivity contribution in [3.8, 4) is 61.8 Å². The van der Waals surface area contributed by atoms with Gasteiger partial charge in [0.25, 0.3) is 0 Å². The van der Waals surface area contributed by atoms with E-state index in [0.29, 0.717) is 11.5 Å². The number of pyridine rings is 1. The minimum atomic E-state index is -0.318. The van der Waals surface area contributed by atoms with Crippen molar-refractivity contribution in [1.29, 1.82) is 0 Å². The average Bonchev–Trinajstić information content (AvgIpc) is 4.05. The van der Waals surface area contributed by atoms with Gasteiger partial charge < -0.3 is 19.1 Å². The molecule has 0 atom stereocenters. The van der Waals surface area contributed by atoms with E-state index >= 15 is 0 Å². The zero-order chi connectivity index (χ0) is 53.1. The van der Waals surface area contributed by atoms with Gasteiger partial charge in [0.1, 0.15) is 17.5 Å². The predicted octanol–water partition coefficient (Wildman–Crippen LogP) is 19.5. The number of hydrogen-bond donors (Lipinski definition) is 0. The number of hydrogen-bond acceptors (Lipinski definition) is 4. The summed E-state index contributed by atoms with van der Waals surface area (Å²) in [6, 6.07) is 71.5. The Labute approximate surface area is 470 Å². The van der Waals surface area contributed by atoms with Crippen molar-refractivity contribution >= 4 is 44.6 Å². The minimum absolute atomic E-state index is 0. The van der Waals surface area contributed by atoms with Gasteiger partial charge in [0.2, 0.25) is 0 Å². The number of halogens is 2. The second kappa shape index (κ2) is 21.0. The third-order valence-electron chi connectivity index (χ3n) is 14.8. The summed E-state index contributed by atoms with van der Waals surface area (Å²) in [4.78, 5) is 9.29. The van der Waals surface area contributed by atoms with Crippen LogP contribution in [0.3, 0.4) is 0 Å². The smallest absolute Gasteiger partial charge is 0.135 e. The summed E-state index contributed by atoms with van der Waals surface area (Å²) in [5.41, 5.74) is 16.8. The fraction of sp³-hybridized carbons (Fsp3) is 0.143. The Bertz CT molecular complexity index is 3920. The molecule has 0 radical (unpaired) electrons. The first-order chi connectivity index (χ1) is 37.3. The number of para-hydroxylation sites is 4. The van der Waals surface area contributed by atoms with E-state index in [1.807, 2.05) is 30.5 Å². The molecule has 5 nitrogen and oxygen atoms in total. The van der Waals surface area contributed by atoms with Gasteiger partial charge in [-0.25, -0.2) is 13.8 Å². The second-order valence-corrected chi connectivity index (χ2v) is 21.6. The molecule has 11 aromatic rings. The maximum absolute atomic E-state index is 14.6. The van der Waals surface area contributed by atoms with E-state index < -0.39 is 0 Å².